The second-order valence-corrected chi connectivity index (χ2v) is 7.11. The third-order valence-corrected chi connectivity index (χ3v) is 4.72. The Morgan fingerprint density at radius 1 is 1.27 bits per heavy atom. The van der Waals surface area contributed by atoms with Crippen LogP contribution in [0.1, 0.15) is 17.9 Å². The molecule has 0 saturated carbocycles. The van der Waals surface area contributed by atoms with Gasteiger partial charge in [0.25, 0.3) is 5.91 Å². The van der Waals surface area contributed by atoms with E-state index in [0.717, 1.165) is 11.6 Å². The molecule has 1 N–H and O–H groups in total. The molecule has 0 radical (unpaired) electrons. The minimum absolute atomic E-state index is 0.113. The van der Waals surface area contributed by atoms with Crippen LogP contribution in [0, 0.1) is 0 Å². The molecule has 0 atom stereocenters. The van der Waals surface area contributed by atoms with E-state index in [-0.39, 0.29) is 24.4 Å². The first kappa shape index (κ1) is 21.8. The molecule has 158 valence electrons. The number of hydrogen-bond donors (Lipinski definition) is 1. The Balaban J connectivity index is 1.45. The van der Waals surface area contributed by atoms with Crippen molar-refractivity contribution in [2.24, 2.45) is 0 Å². The van der Waals surface area contributed by atoms with Crippen LogP contribution in [-0.2, 0) is 26.9 Å². The highest BCUT2D eigenvalue weighted by Crippen LogP contribution is 2.36. The lowest BCUT2D eigenvalue weighted by molar-refractivity contribution is -0.147. The van der Waals surface area contributed by atoms with Gasteiger partial charge in [0.1, 0.15) is 0 Å². The largest absolute Gasteiger partial charge is 0.456 e. The van der Waals surface area contributed by atoms with Crippen LogP contribution in [0.25, 0.3) is 11.4 Å². The lowest BCUT2D eigenvalue weighted by Crippen LogP contribution is -2.21. The maximum atomic E-state index is 12.8. The summed E-state index contributed by atoms with van der Waals surface area (Å²) in [4.78, 5) is 27.8. The maximum absolute atomic E-state index is 12.8. The predicted octanol–water partition coefficient (Wildman–Crippen LogP) is 4.58. The van der Waals surface area contributed by atoms with Crippen LogP contribution in [0.3, 0.4) is 0 Å². The van der Waals surface area contributed by atoms with Crippen molar-refractivity contribution in [1.82, 2.24) is 10.1 Å². The van der Waals surface area contributed by atoms with Crippen LogP contribution in [0.4, 0.5) is 18.9 Å². The van der Waals surface area contributed by atoms with Gasteiger partial charge in [-0.05, 0) is 29.6 Å². The van der Waals surface area contributed by atoms with Crippen molar-refractivity contribution in [2.45, 2.75) is 19.0 Å². The summed E-state index contributed by atoms with van der Waals surface area (Å²) >= 11 is 7.00. The van der Waals surface area contributed by atoms with Gasteiger partial charge in [0.05, 0.1) is 17.0 Å². The molecule has 0 aliphatic carbocycles. The number of benzene rings is 1. The van der Waals surface area contributed by atoms with E-state index >= 15 is 0 Å². The van der Waals surface area contributed by atoms with Crippen LogP contribution in [0.2, 0.25) is 5.02 Å². The molecule has 0 aliphatic rings. The molecule has 7 nitrogen and oxygen atoms in total. The van der Waals surface area contributed by atoms with E-state index in [9.17, 15) is 22.8 Å². The van der Waals surface area contributed by atoms with Crippen molar-refractivity contribution in [1.29, 1.82) is 0 Å². The molecule has 1 aromatic carbocycles. The molecular formula is C18H13ClF3N3O4S. The van der Waals surface area contributed by atoms with E-state index in [2.05, 4.69) is 15.5 Å². The molecule has 2 aromatic heterocycles. The van der Waals surface area contributed by atoms with Crippen LogP contribution in [-0.4, -0.2) is 28.6 Å². The topological polar surface area (TPSA) is 94.3 Å². The summed E-state index contributed by atoms with van der Waals surface area (Å²) in [5.41, 5.74) is -0.412. The molecule has 2 heterocycles. The minimum atomic E-state index is -4.66. The van der Waals surface area contributed by atoms with Crippen LogP contribution in [0.5, 0.6) is 0 Å². The van der Waals surface area contributed by atoms with Crippen molar-refractivity contribution in [3.05, 3.63) is 51.5 Å². The highest BCUT2D eigenvalue weighted by Gasteiger charge is 2.33. The van der Waals surface area contributed by atoms with Crippen LogP contribution < -0.4 is 5.32 Å². The Bertz CT molecular complexity index is 1040. The summed E-state index contributed by atoms with van der Waals surface area (Å²) in [7, 11) is 0. The molecule has 0 aliphatic heterocycles. The third-order valence-electron chi connectivity index (χ3n) is 3.71. The number of nitrogens with one attached hydrogen (secondary N) is 1. The fourth-order valence-electron chi connectivity index (χ4n) is 2.31. The fraction of sp³-hybridized carbons (Fsp3) is 0.222. The van der Waals surface area contributed by atoms with Gasteiger partial charge in [-0.2, -0.15) is 29.5 Å². The molecule has 0 spiro atoms. The molecule has 0 saturated heterocycles. The Hall–Kier alpha value is -2.92. The third kappa shape index (κ3) is 5.80. The molecule has 3 aromatic rings. The van der Waals surface area contributed by atoms with Gasteiger partial charge in [0.2, 0.25) is 11.7 Å². The number of amides is 1. The number of thiophene rings is 1. The van der Waals surface area contributed by atoms with E-state index < -0.39 is 35.2 Å². The van der Waals surface area contributed by atoms with Gasteiger partial charge in [-0.25, -0.2) is 0 Å². The zero-order valence-electron chi connectivity index (χ0n) is 15.0. The molecule has 3 rings (SSSR count). The average molecular weight is 460 g/mol. The summed E-state index contributed by atoms with van der Waals surface area (Å²) in [5.74, 6) is -0.859. The van der Waals surface area contributed by atoms with Crippen LogP contribution >= 0.6 is 22.9 Å². The highest BCUT2D eigenvalue weighted by molar-refractivity contribution is 7.08. The number of halogens is 4. The highest BCUT2D eigenvalue weighted by atomic mass is 35.5. The molecular weight excluding hydrogens is 447 g/mol. The number of rotatable bonds is 7. The van der Waals surface area contributed by atoms with E-state index in [1.54, 1.807) is 0 Å². The van der Waals surface area contributed by atoms with E-state index in [0.29, 0.717) is 11.9 Å². The number of carbonyl (C=O) groups is 2. The summed E-state index contributed by atoms with van der Waals surface area (Å²) in [6, 6.07) is 4.74. The van der Waals surface area contributed by atoms with Crippen molar-refractivity contribution in [3.63, 3.8) is 0 Å². The summed E-state index contributed by atoms with van der Waals surface area (Å²) in [5, 5.41) is 9.24. The number of anilines is 1. The number of nitrogens with zero attached hydrogens (tertiary/aromatic N) is 2. The number of esters is 1. The zero-order valence-corrected chi connectivity index (χ0v) is 16.6. The van der Waals surface area contributed by atoms with Gasteiger partial charge in [-0.15, -0.1) is 0 Å². The minimum Gasteiger partial charge on any atom is -0.456 e. The Labute approximate surface area is 176 Å². The molecule has 1 amide bonds. The molecule has 0 bridgehead atoms. The van der Waals surface area contributed by atoms with Gasteiger partial charge in [-0.1, -0.05) is 16.8 Å². The number of ether oxygens (including phenoxy) is 1. The van der Waals surface area contributed by atoms with Gasteiger partial charge in [0, 0.05) is 23.1 Å². The molecule has 0 unspecified atom stereocenters. The first-order chi connectivity index (χ1) is 14.2. The second kappa shape index (κ2) is 9.26. The number of alkyl halides is 3. The summed E-state index contributed by atoms with van der Waals surface area (Å²) < 4.78 is 48.4. The Morgan fingerprint density at radius 2 is 2.07 bits per heavy atom. The molecule has 0 fully saturated rings. The van der Waals surface area contributed by atoms with E-state index in [1.165, 1.54) is 17.4 Å². The number of aryl methyl sites for hydroxylation is 1. The molecule has 30 heavy (non-hydrogen) atoms. The Kier molecular flexibility index (Phi) is 6.73. The standard InChI is InChI=1S/C18H13ClF3N3O4S/c19-13-2-1-11(7-12(13)18(20,21)22)23-14(26)8-28-16(27)4-3-15-24-17(25-29-15)10-5-6-30-9-10/h1-2,5-7,9H,3-4,8H2,(H,23,26). The van der Waals surface area contributed by atoms with E-state index in [4.69, 9.17) is 20.9 Å². The number of aromatic nitrogens is 2. The van der Waals surface area contributed by atoms with Gasteiger partial charge in [0.15, 0.2) is 6.61 Å². The SMILES string of the molecule is O=C(COC(=O)CCc1nc(-c2ccsc2)no1)Nc1ccc(Cl)c(C(F)(F)F)c1. The summed E-state index contributed by atoms with van der Waals surface area (Å²) in [6.07, 6.45) is -4.66. The van der Waals surface area contributed by atoms with Gasteiger partial charge >= 0.3 is 12.1 Å². The monoisotopic (exact) mass is 459 g/mol. The van der Waals surface area contributed by atoms with Crippen molar-refractivity contribution < 1.29 is 32.0 Å². The number of carbonyl (C=O) groups excluding carboxylic acids is 2. The quantitative estimate of drug-likeness (QED) is 0.519. The maximum Gasteiger partial charge on any atom is 0.417 e. The average Bonchev–Trinajstić information content (AvgIpc) is 3.37. The lowest BCUT2D eigenvalue weighted by atomic mass is 10.2. The number of hydrogen-bond acceptors (Lipinski definition) is 7. The first-order valence-electron chi connectivity index (χ1n) is 8.40. The smallest absolute Gasteiger partial charge is 0.417 e. The van der Waals surface area contributed by atoms with E-state index in [1.807, 2.05) is 16.8 Å². The first-order valence-corrected chi connectivity index (χ1v) is 9.72. The second-order valence-electron chi connectivity index (χ2n) is 5.92. The zero-order chi connectivity index (χ0) is 21.7. The molecule has 12 heteroatoms. The predicted molar refractivity (Wildman–Crippen MR) is 102 cm³/mol. The van der Waals surface area contributed by atoms with Crippen molar-refractivity contribution in [2.75, 3.05) is 11.9 Å². The summed E-state index contributed by atoms with van der Waals surface area (Å²) in [6.45, 7) is -0.660. The lowest BCUT2D eigenvalue weighted by Gasteiger charge is -2.11. The van der Waals surface area contributed by atoms with Crippen LogP contribution in [0.15, 0.2) is 39.5 Å². The van der Waals surface area contributed by atoms with Crippen molar-refractivity contribution >= 4 is 40.5 Å². The Morgan fingerprint density at radius 3 is 2.77 bits per heavy atom. The fourth-order valence-corrected chi connectivity index (χ4v) is 3.17. The van der Waals surface area contributed by atoms with Crippen molar-refractivity contribution in [3.8, 4) is 11.4 Å². The van der Waals surface area contributed by atoms with Gasteiger partial charge in [-0.3, -0.25) is 9.59 Å². The van der Waals surface area contributed by atoms with Gasteiger partial charge < -0.3 is 14.6 Å². The normalized spacial score (nSPS) is 11.3.